The van der Waals surface area contributed by atoms with Crippen molar-refractivity contribution in [2.75, 3.05) is 0 Å². The highest BCUT2D eigenvalue weighted by atomic mass is 32.1. The number of allylic oxidation sites excluding steroid dienone is 1. The Morgan fingerprint density at radius 2 is 2.09 bits per heavy atom. The summed E-state index contributed by atoms with van der Waals surface area (Å²) in [6, 6.07) is 0. The normalized spacial score (nSPS) is 38.6. The summed E-state index contributed by atoms with van der Waals surface area (Å²) in [5.41, 5.74) is 1.32. The molecule has 0 nitrogen and oxygen atoms in total. The van der Waals surface area contributed by atoms with Gasteiger partial charge in [0.2, 0.25) is 0 Å². The maximum Gasteiger partial charge on any atom is 0.00846 e. The van der Waals surface area contributed by atoms with Crippen LogP contribution in [-0.4, -0.2) is 5.25 Å². The lowest BCUT2D eigenvalue weighted by molar-refractivity contribution is 0.332. The van der Waals surface area contributed by atoms with Crippen LogP contribution in [0.5, 0.6) is 0 Å². The van der Waals surface area contributed by atoms with Gasteiger partial charge in [-0.2, -0.15) is 12.6 Å². The van der Waals surface area contributed by atoms with E-state index in [0.29, 0.717) is 11.2 Å². The van der Waals surface area contributed by atoms with E-state index in [4.69, 9.17) is 0 Å². The molecule has 3 unspecified atom stereocenters. The minimum atomic E-state index is 0.566. The molecule has 1 aliphatic carbocycles. The average Bonchev–Trinajstić information content (AvgIpc) is 1.85. The van der Waals surface area contributed by atoms with Gasteiger partial charge in [-0.25, -0.2) is 0 Å². The number of hydrogen-bond donors (Lipinski definition) is 1. The Balaban J connectivity index is 2.50. The molecule has 1 saturated carbocycles. The van der Waals surface area contributed by atoms with E-state index in [1.807, 2.05) is 0 Å². The standard InChI is InChI=1S/C10H18S/c1-7(2)9-5-4-8(3)6-10(9)11/h8-11H,1,4-6H2,2-3H3. The van der Waals surface area contributed by atoms with Crippen LogP contribution in [-0.2, 0) is 0 Å². The Morgan fingerprint density at radius 1 is 1.45 bits per heavy atom. The molecular weight excluding hydrogens is 152 g/mol. The number of rotatable bonds is 1. The summed E-state index contributed by atoms with van der Waals surface area (Å²) in [5, 5.41) is 0.566. The lowest BCUT2D eigenvalue weighted by Crippen LogP contribution is -2.24. The van der Waals surface area contributed by atoms with E-state index >= 15 is 0 Å². The highest BCUT2D eigenvalue weighted by Crippen LogP contribution is 2.35. The minimum Gasteiger partial charge on any atom is -0.175 e. The lowest BCUT2D eigenvalue weighted by Gasteiger charge is -2.32. The smallest absolute Gasteiger partial charge is 0.00846 e. The molecule has 1 fully saturated rings. The van der Waals surface area contributed by atoms with E-state index in [1.165, 1.54) is 24.8 Å². The van der Waals surface area contributed by atoms with Crippen LogP contribution in [0, 0.1) is 11.8 Å². The first-order valence-corrected chi connectivity index (χ1v) is 4.96. The van der Waals surface area contributed by atoms with Crippen molar-refractivity contribution >= 4 is 12.6 Å². The molecule has 0 amide bonds. The van der Waals surface area contributed by atoms with Crippen molar-refractivity contribution in [1.82, 2.24) is 0 Å². The van der Waals surface area contributed by atoms with Gasteiger partial charge in [-0.1, -0.05) is 25.5 Å². The van der Waals surface area contributed by atoms with Gasteiger partial charge >= 0.3 is 0 Å². The molecule has 0 aromatic heterocycles. The molecule has 0 radical (unpaired) electrons. The zero-order valence-electron chi connectivity index (χ0n) is 7.51. The SMILES string of the molecule is C=C(C)C1CCC(C)CC1S. The van der Waals surface area contributed by atoms with E-state index in [1.54, 1.807) is 0 Å². The average molecular weight is 170 g/mol. The Labute approximate surface area is 75.5 Å². The van der Waals surface area contributed by atoms with Gasteiger partial charge in [0, 0.05) is 5.25 Å². The van der Waals surface area contributed by atoms with E-state index in [9.17, 15) is 0 Å². The Kier molecular flexibility index (Phi) is 3.06. The molecule has 0 saturated heterocycles. The monoisotopic (exact) mass is 170 g/mol. The van der Waals surface area contributed by atoms with Crippen LogP contribution >= 0.6 is 12.6 Å². The van der Waals surface area contributed by atoms with Crippen LogP contribution in [0.4, 0.5) is 0 Å². The van der Waals surface area contributed by atoms with E-state index < -0.39 is 0 Å². The van der Waals surface area contributed by atoms with Crippen LogP contribution < -0.4 is 0 Å². The summed E-state index contributed by atoms with van der Waals surface area (Å²) in [4.78, 5) is 0. The first-order chi connectivity index (χ1) is 5.11. The van der Waals surface area contributed by atoms with Crippen LogP contribution in [0.1, 0.15) is 33.1 Å². The Hall–Kier alpha value is 0.0900. The van der Waals surface area contributed by atoms with Gasteiger partial charge in [-0.05, 0) is 31.6 Å². The van der Waals surface area contributed by atoms with Gasteiger partial charge in [0.1, 0.15) is 0 Å². The van der Waals surface area contributed by atoms with Crippen LogP contribution in [0.25, 0.3) is 0 Å². The molecule has 64 valence electrons. The maximum atomic E-state index is 4.59. The second-order valence-corrected chi connectivity index (χ2v) is 4.60. The molecule has 11 heavy (non-hydrogen) atoms. The molecule has 0 aromatic carbocycles. The van der Waals surface area contributed by atoms with Crippen molar-refractivity contribution in [1.29, 1.82) is 0 Å². The largest absolute Gasteiger partial charge is 0.175 e. The van der Waals surface area contributed by atoms with Crippen molar-refractivity contribution in [2.45, 2.75) is 38.4 Å². The van der Waals surface area contributed by atoms with E-state index in [2.05, 4.69) is 33.1 Å². The highest BCUT2D eigenvalue weighted by molar-refractivity contribution is 7.81. The Morgan fingerprint density at radius 3 is 2.55 bits per heavy atom. The van der Waals surface area contributed by atoms with Gasteiger partial charge in [-0.15, -0.1) is 0 Å². The summed E-state index contributed by atoms with van der Waals surface area (Å²) in [7, 11) is 0. The van der Waals surface area contributed by atoms with Crippen molar-refractivity contribution in [3.63, 3.8) is 0 Å². The zero-order chi connectivity index (χ0) is 8.43. The fourth-order valence-electron chi connectivity index (χ4n) is 1.93. The quantitative estimate of drug-likeness (QED) is 0.453. The first kappa shape index (κ1) is 9.18. The molecule has 3 atom stereocenters. The van der Waals surface area contributed by atoms with Gasteiger partial charge in [0.15, 0.2) is 0 Å². The molecule has 0 heterocycles. The van der Waals surface area contributed by atoms with Gasteiger partial charge < -0.3 is 0 Å². The molecule has 1 heteroatoms. The first-order valence-electron chi connectivity index (χ1n) is 4.44. The van der Waals surface area contributed by atoms with Crippen molar-refractivity contribution in [3.8, 4) is 0 Å². The molecule has 1 rings (SSSR count). The number of thiol groups is 1. The van der Waals surface area contributed by atoms with Crippen LogP contribution in [0.3, 0.4) is 0 Å². The van der Waals surface area contributed by atoms with Crippen LogP contribution in [0.15, 0.2) is 12.2 Å². The summed E-state index contributed by atoms with van der Waals surface area (Å²) in [6.07, 6.45) is 3.92. The predicted octanol–water partition coefficient (Wildman–Crippen LogP) is 3.30. The van der Waals surface area contributed by atoms with E-state index in [0.717, 1.165) is 5.92 Å². The minimum absolute atomic E-state index is 0.566. The highest BCUT2D eigenvalue weighted by Gasteiger charge is 2.25. The van der Waals surface area contributed by atoms with Crippen molar-refractivity contribution < 1.29 is 0 Å². The van der Waals surface area contributed by atoms with Crippen LogP contribution in [0.2, 0.25) is 0 Å². The maximum absolute atomic E-state index is 4.59. The molecule has 0 bridgehead atoms. The third-order valence-electron chi connectivity index (χ3n) is 2.71. The molecule has 0 aromatic rings. The molecule has 0 spiro atoms. The zero-order valence-corrected chi connectivity index (χ0v) is 8.40. The third kappa shape index (κ3) is 2.26. The van der Waals surface area contributed by atoms with Gasteiger partial charge in [0.25, 0.3) is 0 Å². The fraction of sp³-hybridized carbons (Fsp3) is 0.800. The summed E-state index contributed by atoms with van der Waals surface area (Å²) >= 11 is 4.59. The lowest BCUT2D eigenvalue weighted by atomic mass is 9.79. The number of hydrogen-bond acceptors (Lipinski definition) is 1. The molecule has 0 N–H and O–H groups in total. The molecular formula is C10H18S. The molecule has 1 aliphatic rings. The fourth-order valence-corrected chi connectivity index (χ4v) is 2.69. The summed E-state index contributed by atoms with van der Waals surface area (Å²) in [5.74, 6) is 1.54. The second-order valence-electron chi connectivity index (χ2n) is 3.94. The third-order valence-corrected chi connectivity index (χ3v) is 3.28. The molecule has 0 aliphatic heterocycles. The van der Waals surface area contributed by atoms with Gasteiger partial charge in [-0.3, -0.25) is 0 Å². The van der Waals surface area contributed by atoms with Gasteiger partial charge in [0.05, 0.1) is 0 Å². The Bertz CT molecular complexity index is 151. The summed E-state index contributed by atoms with van der Waals surface area (Å²) < 4.78 is 0. The second kappa shape index (κ2) is 3.66. The summed E-state index contributed by atoms with van der Waals surface area (Å²) in [6.45, 7) is 8.45. The van der Waals surface area contributed by atoms with E-state index in [-0.39, 0.29) is 0 Å². The van der Waals surface area contributed by atoms with Crippen molar-refractivity contribution in [2.24, 2.45) is 11.8 Å². The topological polar surface area (TPSA) is 0 Å². The van der Waals surface area contributed by atoms with Crippen molar-refractivity contribution in [3.05, 3.63) is 12.2 Å². The predicted molar refractivity (Wildman–Crippen MR) is 54.1 cm³/mol.